The van der Waals surface area contributed by atoms with Crippen LogP contribution in [0.1, 0.15) is 17.4 Å². The maximum absolute atomic E-state index is 14.6. The number of anilines is 1. The lowest BCUT2D eigenvalue weighted by atomic mass is 10.1. The molecule has 6 nitrogen and oxygen atoms in total. The van der Waals surface area contributed by atoms with E-state index in [2.05, 4.69) is 26.2 Å². The normalized spacial score (nSPS) is 10.4. The second-order valence-corrected chi connectivity index (χ2v) is 5.88. The molecule has 2 N–H and O–H groups in total. The van der Waals surface area contributed by atoms with Crippen LogP contribution in [-0.4, -0.2) is 29.1 Å². The van der Waals surface area contributed by atoms with Crippen LogP contribution < -0.4 is 10.1 Å². The summed E-state index contributed by atoms with van der Waals surface area (Å²) in [5, 5.41) is 11.4. The zero-order chi connectivity index (χ0) is 18.0. The molecular formula is C15H11BrClFN2O4. The average Bonchev–Trinajstić information content (AvgIpc) is 2.49. The van der Waals surface area contributed by atoms with Crippen LogP contribution in [-0.2, 0) is 4.79 Å². The molecular weight excluding hydrogens is 407 g/mol. The van der Waals surface area contributed by atoms with Gasteiger partial charge in [0.1, 0.15) is 0 Å². The second-order valence-electron chi connectivity index (χ2n) is 4.65. The van der Waals surface area contributed by atoms with Gasteiger partial charge in [-0.25, -0.2) is 14.2 Å². The van der Waals surface area contributed by atoms with E-state index >= 15 is 0 Å². The van der Waals surface area contributed by atoms with E-state index in [1.54, 1.807) is 0 Å². The number of nitrogens with one attached hydrogen (secondary N) is 1. The number of aromatic nitrogens is 1. The number of benzene rings is 1. The topological polar surface area (TPSA) is 88.5 Å². The van der Waals surface area contributed by atoms with Gasteiger partial charge in [0.15, 0.2) is 17.3 Å². The quantitative estimate of drug-likeness (QED) is 0.786. The van der Waals surface area contributed by atoms with Gasteiger partial charge in [0.05, 0.1) is 28.0 Å². The number of ether oxygens (including phenoxy) is 1. The number of carbonyl (C=O) groups excluding carboxylic acids is 1. The monoisotopic (exact) mass is 416 g/mol. The first kappa shape index (κ1) is 18.2. The molecule has 0 radical (unpaired) electrons. The Kier molecular flexibility index (Phi) is 5.40. The fraction of sp³-hybridized carbons (Fsp3) is 0.133. The molecule has 0 bridgehead atoms. The van der Waals surface area contributed by atoms with Gasteiger partial charge >= 0.3 is 5.97 Å². The Hall–Kier alpha value is -2.19. The third kappa shape index (κ3) is 3.49. The fourth-order valence-electron chi connectivity index (χ4n) is 2.01. The van der Waals surface area contributed by atoms with Crippen LogP contribution in [0, 0.1) is 5.82 Å². The summed E-state index contributed by atoms with van der Waals surface area (Å²) in [7, 11) is 1.30. The zero-order valence-electron chi connectivity index (χ0n) is 12.5. The van der Waals surface area contributed by atoms with Crippen molar-refractivity contribution in [3.63, 3.8) is 0 Å². The molecule has 24 heavy (non-hydrogen) atoms. The minimum atomic E-state index is -1.40. The van der Waals surface area contributed by atoms with Gasteiger partial charge in [-0.1, -0.05) is 11.6 Å². The highest BCUT2D eigenvalue weighted by Gasteiger charge is 2.21. The molecule has 0 atom stereocenters. The first-order valence-electron chi connectivity index (χ1n) is 6.50. The number of nitrogens with zero attached hydrogens (tertiary/aromatic N) is 1. The first-order valence-corrected chi connectivity index (χ1v) is 7.67. The lowest BCUT2D eigenvalue weighted by Crippen LogP contribution is -2.11. The SMILES string of the molecule is COc1c(Br)ccc(-c2cc(NC(C)=O)c(Cl)c(C(=O)O)n2)c1F. The number of carboxylic acids is 1. The van der Waals surface area contributed by atoms with Crippen molar-refractivity contribution in [3.05, 3.63) is 39.2 Å². The summed E-state index contributed by atoms with van der Waals surface area (Å²) in [6.45, 7) is 1.24. The van der Waals surface area contributed by atoms with Gasteiger partial charge < -0.3 is 15.2 Å². The van der Waals surface area contributed by atoms with Crippen LogP contribution >= 0.6 is 27.5 Å². The van der Waals surface area contributed by atoms with Gasteiger partial charge in [-0.2, -0.15) is 0 Å². The lowest BCUT2D eigenvalue weighted by molar-refractivity contribution is -0.114. The Balaban J connectivity index is 2.73. The van der Waals surface area contributed by atoms with Crippen LogP contribution in [0.4, 0.5) is 10.1 Å². The van der Waals surface area contributed by atoms with E-state index in [0.29, 0.717) is 4.47 Å². The average molecular weight is 418 g/mol. The smallest absolute Gasteiger partial charge is 0.356 e. The van der Waals surface area contributed by atoms with Crippen molar-refractivity contribution in [2.24, 2.45) is 0 Å². The van der Waals surface area contributed by atoms with Crippen LogP contribution in [0.15, 0.2) is 22.7 Å². The number of carboxylic acid groups (broad SMARTS) is 1. The highest BCUT2D eigenvalue weighted by molar-refractivity contribution is 9.10. The van der Waals surface area contributed by atoms with E-state index in [-0.39, 0.29) is 27.7 Å². The number of amides is 1. The number of pyridine rings is 1. The van der Waals surface area contributed by atoms with Gasteiger partial charge in [0.2, 0.25) is 5.91 Å². The maximum atomic E-state index is 14.6. The van der Waals surface area contributed by atoms with Crippen molar-refractivity contribution in [1.29, 1.82) is 0 Å². The molecule has 0 aliphatic heterocycles. The van der Waals surface area contributed by atoms with Crippen molar-refractivity contribution >= 4 is 45.1 Å². The van der Waals surface area contributed by atoms with Crippen molar-refractivity contribution in [2.75, 3.05) is 12.4 Å². The number of halogens is 3. The standard InChI is InChI=1S/C15H11BrClFN2O4/c1-6(21)19-10-5-9(20-13(11(10)17)15(22)23)7-3-4-8(16)14(24-2)12(7)18/h3-5H,1-2H3,(H,22,23)(H,19,20,21). The first-order chi connectivity index (χ1) is 11.3. The molecule has 2 aromatic rings. The summed E-state index contributed by atoms with van der Waals surface area (Å²) in [4.78, 5) is 26.5. The summed E-state index contributed by atoms with van der Waals surface area (Å²) in [6.07, 6.45) is 0. The number of rotatable bonds is 4. The van der Waals surface area contributed by atoms with Crippen molar-refractivity contribution < 1.29 is 23.8 Å². The molecule has 0 fully saturated rings. The summed E-state index contributed by atoms with van der Waals surface area (Å²) in [5.74, 6) is -2.65. The molecule has 0 unspecified atom stereocenters. The highest BCUT2D eigenvalue weighted by atomic mass is 79.9. The third-order valence-electron chi connectivity index (χ3n) is 3.00. The molecule has 1 heterocycles. The molecule has 0 spiro atoms. The number of methoxy groups -OCH3 is 1. The molecule has 2 rings (SSSR count). The minimum Gasteiger partial charge on any atom is -0.492 e. The number of aromatic carboxylic acids is 1. The van der Waals surface area contributed by atoms with E-state index in [9.17, 15) is 19.1 Å². The zero-order valence-corrected chi connectivity index (χ0v) is 14.8. The van der Waals surface area contributed by atoms with E-state index in [1.165, 1.54) is 32.2 Å². The largest absolute Gasteiger partial charge is 0.492 e. The van der Waals surface area contributed by atoms with Gasteiger partial charge in [0.25, 0.3) is 0 Å². The second kappa shape index (κ2) is 7.14. The predicted octanol–water partition coefficient (Wildman–Crippen LogP) is 3.97. The van der Waals surface area contributed by atoms with E-state index in [0.717, 1.165) is 0 Å². The maximum Gasteiger partial charge on any atom is 0.356 e. The summed E-state index contributed by atoms with van der Waals surface area (Å²) in [6, 6.07) is 4.23. The number of carbonyl (C=O) groups is 2. The van der Waals surface area contributed by atoms with Crippen molar-refractivity contribution in [2.45, 2.75) is 6.92 Å². The van der Waals surface area contributed by atoms with Gasteiger partial charge in [-0.3, -0.25) is 4.79 Å². The number of hydrogen-bond acceptors (Lipinski definition) is 4. The minimum absolute atomic E-state index is 0.000758. The Morgan fingerprint density at radius 1 is 1.42 bits per heavy atom. The van der Waals surface area contributed by atoms with E-state index < -0.39 is 23.4 Å². The van der Waals surface area contributed by atoms with Gasteiger partial charge in [-0.05, 0) is 34.1 Å². The van der Waals surface area contributed by atoms with Crippen LogP contribution in [0.5, 0.6) is 5.75 Å². The van der Waals surface area contributed by atoms with E-state index in [1.807, 2.05) is 0 Å². The third-order valence-corrected chi connectivity index (χ3v) is 4.01. The molecule has 0 aliphatic rings. The molecule has 9 heteroatoms. The molecule has 1 amide bonds. The summed E-state index contributed by atoms with van der Waals surface area (Å²) in [5.41, 5.74) is -0.489. The molecule has 0 saturated carbocycles. The highest BCUT2D eigenvalue weighted by Crippen LogP contribution is 2.37. The van der Waals surface area contributed by atoms with Crippen LogP contribution in [0.3, 0.4) is 0 Å². The Bertz CT molecular complexity index is 845. The lowest BCUT2D eigenvalue weighted by Gasteiger charge is -2.13. The van der Waals surface area contributed by atoms with E-state index in [4.69, 9.17) is 16.3 Å². The van der Waals surface area contributed by atoms with Crippen LogP contribution in [0.2, 0.25) is 5.02 Å². The summed E-state index contributed by atoms with van der Waals surface area (Å²) < 4.78 is 19.9. The Labute approximate surface area is 149 Å². The molecule has 1 aromatic heterocycles. The molecule has 0 saturated heterocycles. The van der Waals surface area contributed by atoms with Gasteiger partial charge in [0, 0.05) is 12.5 Å². The fourth-order valence-corrected chi connectivity index (χ4v) is 2.70. The molecule has 126 valence electrons. The predicted molar refractivity (Wildman–Crippen MR) is 90.2 cm³/mol. The Morgan fingerprint density at radius 3 is 2.62 bits per heavy atom. The molecule has 0 aliphatic carbocycles. The Morgan fingerprint density at radius 2 is 2.08 bits per heavy atom. The summed E-state index contributed by atoms with van der Waals surface area (Å²) >= 11 is 9.10. The van der Waals surface area contributed by atoms with Crippen molar-refractivity contribution in [3.8, 4) is 17.0 Å². The molecule has 1 aromatic carbocycles. The van der Waals surface area contributed by atoms with Crippen molar-refractivity contribution in [1.82, 2.24) is 4.98 Å². The van der Waals surface area contributed by atoms with Crippen LogP contribution in [0.25, 0.3) is 11.3 Å². The number of hydrogen-bond donors (Lipinski definition) is 2. The van der Waals surface area contributed by atoms with Gasteiger partial charge in [-0.15, -0.1) is 0 Å².